The van der Waals surface area contributed by atoms with Gasteiger partial charge in [-0.2, -0.15) is 11.8 Å². The van der Waals surface area contributed by atoms with Crippen molar-refractivity contribution in [3.05, 3.63) is 54.4 Å². The van der Waals surface area contributed by atoms with Gasteiger partial charge in [0.2, 0.25) is 0 Å². The lowest BCUT2D eigenvalue weighted by atomic mass is 10.2. The Balaban J connectivity index is 1.53. The van der Waals surface area contributed by atoms with E-state index in [0.717, 1.165) is 18.8 Å². The average Bonchev–Trinajstić information content (AvgIpc) is 2.54. The second-order valence-corrected chi connectivity index (χ2v) is 9.15. The van der Waals surface area contributed by atoms with Gasteiger partial charge in [-0.15, -0.1) is 0 Å². The van der Waals surface area contributed by atoms with Crippen LogP contribution in [0.2, 0.25) is 0 Å². The second kappa shape index (κ2) is 7.60. The third-order valence-corrected chi connectivity index (χ3v) is 5.95. The largest absolute Gasteiger partial charge is 0.489 e. The Kier molecular flexibility index (Phi) is 5.51. The molecule has 1 aromatic heterocycles. The van der Waals surface area contributed by atoms with Crippen molar-refractivity contribution in [1.29, 1.82) is 0 Å². The average molecular weight is 347 g/mol. The minimum atomic E-state index is 0.351. The number of thioether (sulfide) groups is 1. The Hall–Kier alpha value is -1.17. The van der Waals surface area contributed by atoms with E-state index in [1.165, 1.54) is 16.2 Å². The maximum atomic E-state index is 5.75. The standard InChI is InChI=1S/C18H22N2OS2/c1-18(2)14-20(11-12-22-18)23-17-5-3-15(4-6-17)13-21-16-7-9-19-10-8-16/h3-10H,11-14H2,1-2H3. The van der Waals surface area contributed by atoms with Gasteiger partial charge in [-0.1, -0.05) is 12.1 Å². The summed E-state index contributed by atoms with van der Waals surface area (Å²) in [6.07, 6.45) is 3.49. The highest BCUT2D eigenvalue weighted by Crippen LogP contribution is 2.35. The van der Waals surface area contributed by atoms with Crippen molar-refractivity contribution in [3.8, 4) is 5.75 Å². The zero-order chi connectivity index (χ0) is 16.1. The third-order valence-electron chi connectivity index (χ3n) is 3.60. The molecule has 1 saturated heterocycles. The first-order valence-corrected chi connectivity index (χ1v) is 9.55. The molecule has 0 atom stereocenters. The first kappa shape index (κ1) is 16.7. The molecule has 0 radical (unpaired) electrons. The van der Waals surface area contributed by atoms with Crippen molar-refractivity contribution in [1.82, 2.24) is 9.29 Å². The van der Waals surface area contributed by atoms with Gasteiger partial charge in [-0.25, -0.2) is 4.31 Å². The van der Waals surface area contributed by atoms with Crippen LogP contribution in [-0.4, -0.2) is 32.9 Å². The summed E-state index contributed by atoms with van der Waals surface area (Å²) >= 11 is 3.93. The molecule has 1 aliphatic rings. The molecule has 0 spiro atoms. The summed E-state index contributed by atoms with van der Waals surface area (Å²) in [7, 11) is 0. The van der Waals surface area contributed by atoms with E-state index in [2.05, 4.69) is 59.2 Å². The fourth-order valence-electron chi connectivity index (χ4n) is 2.45. The van der Waals surface area contributed by atoms with Crippen molar-refractivity contribution >= 4 is 23.7 Å². The van der Waals surface area contributed by atoms with Crippen LogP contribution >= 0.6 is 23.7 Å². The smallest absolute Gasteiger partial charge is 0.122 e. The molecule has 3 rings (SSSR count). The third kappa shape index (κ3) is 5.16. The van der Waals surface area contributed by atoms with Crippen molar-refractivity contribution in [3.63, 3.8) is 0 Å². The van der Waals surface area contributed by atoms with E-state index in [1.807, 2.05) is 24.1 Å². The summed E-state index contributed by atoms with van der Waals surface area (Å²) < 4.78 is 8.57. The second-order valence-electron chi connectivity index (χ2n) is 6.18. The fourth-order valence-corrected chi connectivity index (χ4v) is 4.88. The summed E-state index contributed by atoms with van der Waals surface area (Å²) in [5, 5.41) is 0. The lowest BCUT2D eigenvalue weighted by Crippen LogP contribution is -2.39. The lowest BCUT2D eigenvalue weighted by Gasteiger charge is -2.36. The van der Waals surface area contributed by atoms with Gasteiger partial charge in [0.25, 0.3) is 0 Å². The zero-order valence-corrected chi connectivity index (χ0v) is 15.2. The summed E-state index contributed by atoms with van der Waals surface area (Å²) in [6.45, 7) is 7.50. The molecule has 0 unspecified atom stereocenters. The van der Waals surface area contributed by atoms with Crippen LogP contribution in [0.25, 0.3) is 0 Å². The van der Waals surface area contributed by atoms with Crippen LogP contribution in [0, 0.1) is 0 Å². The first-order valence-electron chi connectivity index (χ1n) is 7.79. The van der Waals surface area contributed by atoms with E-state index in [4.69, 9.17) is 4.74 Å². The molecule has 3 nitrogen and oxygen atoms in total. The number of hydrogen-bond acceptors (Lipinski definition) is 5. The van der Waals surface area contributed by atoms with E-state index < -0.39 is 0 Å². The maximum absolute atomic E-state index is 5.75. The van der Waals surface area contributed by atoms with Crippen molar-refractivity contribution < 1.29 is 4.74 Å². The summed E-state index contributed by atoms with van der Waals surface area (Å²) in [5.41, 5.74) is 1.18. The van der Waals surface area contributed by atoms with Crippen LogP contribution in [0.15, 0.2) is 53.7 Å². The molecule has 23 heavy (non-hydrogen) atoms. The molecule has 0 amide bonds. The fraction of sp³-hybridized carbons (Fsp3) is 0.389. The van der Waals surface area contributed by atoms with Crippen molar-refractivity contribution in [2.24, 2.45) is 0 Å². The topological polar surface area (TPSA) is 25.4 Å². The molecule has 0 N–H and O–H groups in total. The Labute approximate surface area is 147 Å². The number of benzene rings is 1. The van der Waals surface area contributed by atoms with E-state index in [0.29, 0.717) is 11.4 Å². The van der Waals surface area contributed by atoms with E-state index in [-0.39, 0.29) is 0 Å². The Morgan fingerprint density at radius 3 is 2.61 bits per heavy atom. The summed E-state index contributed by atoms with van der Waals surface area (Å²) in [6, 6.07) is 12.4. The number of rotatable bonds is 5. The van der Waals surface area contributed by atoms with Gasteiger partial charge in [0.15, 0.2) is 0 Å². The van der Waals surface area contributed by atoms with E-state index >= 15 is 0 Å². The van der Waals surface area contributed by atoms with Crippen LogP contribution in [0.4, 0.5) is 0 Å². The number of ether oxygens (including phenoxy) is 1. The van der Waals surface area contributed by atoms with Crippen molar-refractivity contribution in [2.75, 3.05) is 18.8 Å². The molecule has 2 heterocycles. The number of pyridine rings is 1. The van der Waals surface area contributed by atoms with Crippen LogP contribution in [0.1, 0.15) is 19.4 Å². The lowest BCUT2D eigenvalue weighted by molar-refractivity contribution is 0.306. The van der Waals surface area contributed by atoms with Gasteiger partial charge in [-0.05, 0) is 55.6 Å². The quantitative estimate of drug-likeness (QED) is 0.743. The Morgan fingerprint density at radius 2 is 1.91 bits per heavy atom. The molecule has 5 heteroatoms. The number of aromatic nitrogens is 1. The predicted molar refractivity (Wildman–Crippen MR) is 99.0 cm³/mol. The predicted octanol–water partition coefficient (Wildman–Crippen LogP) is 4.50. The maximum Gasteiger partial charge on any atom is 0.122 e. The van der Waals surface area contributed by atoms with Crippen LogP contribution in [-0.2, 0) is 6.61 Å². The monoisotopic (exact) mass is 346 g/mol. The van der Waals surface area contributed by atoms with Crippen LogP contribution in [0.3, 0.4) is 0 Å². The Bertz CT molecular complexity index is 617. The van der Waals surface area contributed by atoms with Gasteiger partial charge in [0.1, 0.15) is 12.4 Å². The van der Waals surface area contributed by atoms with Crippen molar-refractivity contribution in [2.45, 2.75) is 30.1 Å². The van der Waals surface area contributed by atoms with Gasteiger partial charge >= 0.3 is 0 Å². The van der Waals surface area contributed by atoms with Gasteiger partial charge < -0.3 is 4.74 Å². The van der Waals surface area contributed by atoms with Crippen LogP contribution < -0.4 is 4.74 Å². The SMILES string of the molecule is CC1(C)CN(Sc2ccc(COc3ccncc3)cc2)CCS1. The Morgan fingerprint density at radius 1 is 1.17 bits per heavy atom. The number of nitrogens with zero attached hydrogens (tertiary/aromatic N) is 2. The molecule has 1 aliphatic heterocycles. The van der Waals surface area contributed by atoms with Gasteiger partial charge in [0, 0.05) is 40.9 Å². The van der Waals surface area contributed by atoms with E-state index in [9.17, 15) is 0 Å². The minimum absolute atomic E-state index is 0.351. The normalized spacial score (nSPS) is 17.8. The molecule has 0 saturated carbocycles. The van der Waals surface area contributed by atoms with E-state index in [1.54, 1.807) is 12.4 Å². The highest BCUT2D eigenvalue weighted by Gasteiger charge is 2.27. The summed E-state index contributed by atoms with van der Waals surface area (Å²) in [4.78, 5) is 5.28. The molecule has 122 valence electrons. The number of hydrogen-bond donors (Lipinski definition) is 0. The minimum Gasteiger partial charge on any atom is -0.489 e. The highest BCUT2D eigenvalue weighted by molar-refractivity contribution is 8.01. The highest BCUT2D eigenvalue weighted by atomic mass is 32.2. The van der Waals surface area contributed by atoms with Gasteiger partial charge in [0.05, 0.1) is 0 Å². The molecule has 0 aliphatic carbocycles. The first-order chi connectivity index (χ1) is 11.1. The zero-order valence-electron chi connectivity index (χ0n) is 13.6. The molecule has 1 aromatic carbocycles. The summed E-state index contributed by atoms with van der Waals surface area (Å²) in [5.74, 6) is 2.06. The molecule has 2 aromatic rings. The van der Waals surface area contributed by atoms with Gasteiger partial charge in [-0.3, -0.25) is 4.98 Å². The molecule has 1 fully saturated rings. The molecular weight excluding hydrogens is 324 g/mol. The van der Waals surface area contributed by atoms with Crippen LogP contribution in [0.5, 0.6) is 5.75 Å². The molecular formula is C18H22N2OS2. The molecule has 0 bridgehead atoms.